The molecular formula is C23H23N2+. The lowest BCUT2D eigenvalue weighted by molar-refractivity contribution is -0.710. The minimum absolute atomic E-state index is 0.414. The first-order valence-corrected chi connectivity index (χ1v) is 8.87. The Labute approximate surface area is 148 Å². The summed E-state index contributed by atoms with van der Waals surface area (Å²) in [6.07, 6.45) is 3.18. The monoisotopic (exact) mass is 327 g/mol. The second-order valence-corrected chi connectivity index (χ2v) is 6.51. The van der Waals surface area contributed by atoms with Gasteiger partial charge < -0.3 is 10.3 Å². The first-order chi connectivity index (χ1) is 12.4. The Morgan fingerprint density at radius 1 is 0.760 bits per heavy atom. The fraction of sp³-hybridized carbons (Fsp3) is 0.130. The fourth-order valence-electron chi connectivity index (χ4n) is 3.48. The lowest BCUT2D eigenvalue weighted by atomic mass is 9.98. The van der Waals surface area contributed by atoms with Gasteiger partial charge >= 0.3 is 0 Å². The predicted octanol–water partition coefficient (Wildman–Crippen LogP) is 4.22. The standard InChI is InChI=1S/C23H22N2/c1-3-9-18(10-4-1)15-23(19-11-5-2-6-12-19)25-17-20-16-24-22-14-8-7-13-21(20)22/h1-14,16,23-25H,15,17H2/p+1/t23-/m0/s1. The molecule has 2 nitrogen and oxygen atoms in total. The van der Waals surface area contributed by atoms with Gasteiger partial charge in [-0.1, -0.05) is 78.9 Å². The van der Waals surface area contributed by atoms with Crippen LogP contribution in [-0.4, -0.2) is 4.98 Å². The van der Waals surface area contributed by atoms with Crippen LogP contribution in [0.3, 0.4) is 0 Å². The number of para-hydroxylation sites is 1. The lowest BCUT2D eigenvalue weighted by Gasteiger charge is -2.16. The van der Waals surface area contributed by atoms with Crippen LogP contribution in [0.15, 0.2) is 91.1 Å². The van der Waals surface area contributed by atoms with Crippen LogP contribution in [0.1, 0.15) is 22.7 Å². The maximum absolute atomic E-state index is 3.38. The van der Waals surface area contributed by atoms with Crippen LogP contribution in [0.25, 0.3) is 10.9 Å². The predicted molar refractivity (Wildman–Crippen MR) is 103 cm³/mol. The lowest BCUT2D eigenvalue weighted by Crippen LogP contribution is -2.84. The summed E-state index contributed by atoms with van der Waals surface area (Å²) in [5, 5.41) is 3.78. The van der Waals surface area contributed by atoms with Gasteiger partial charge in [0.1, 0.15) is 12.6 Å². The highest BCUT2D eigenvalue weighted by molar-refractivity contribution is 5.82. The third kappa shape index (κ3) is 3.65. The van der Waals surface area contributed by atoms with E-state index < -0.39 is 0 Å². The van der Waals surface area contributed by atoms with E-state index in [0.717, 1.165) is 13.0 Å². The van der Waals surface area contributed by atoms with Crippen LogP contribution in [0.4, 0.5) is 0 Å². The van der Waals surface area contributed by atoms with Crippen molar-refractivity contribution in [1.82, 2.24) is 4.98 Å². The highest BCUT2D eigenvalue weighted by Gasteiger charge is 2.16. The number of hydrogen-bond donors (Lipinski definition) is 2. The average molecular weight is 327 g/mol. The van der Waals surface area contributed by atoms with Gasteiger partial charge in [-0.2, -0.15) is 0 Å². The van der Waals surface area contributed by atoms with Crippen molar-refractivity contribution in [3.05, 3.63) is 108 Å². The second-order valence-electron chi connectivity index (χ2n) is 6.51. The van der Waals surface area contributed by atoms with Crippen LogP contribution < -0.4 is 5.32 Å². The minimum Gasteiger partial charge on any atom is -0.361 e. The first kappa shape index (κ1) is 15.7. The van der Waals surface area contributed by atoms with Crippen LogP contribution in [0.5, 0.6) is 0 Å². The van der Waals surface area contributed by atoms with Crippen LogP contribution in [-0.2, 0) is 13.0 Å². The minimum atomic E-state index is 0.414. The molecule has 0 saturated carbocycles. The first-order valence-electron chi connectivity index (χ1n) is 8.87. The highest BCUT2D eigenvalue weighted by Crippen LogP contribution is 2.18. The van der Waals surface area contributed by atoms with E-state index in [4.69, 9.17) is 0 Å². The van der Waals surface area contributed by atoms with Crippen molar-refractivity contribution in [2.24, 2.45) is 0 Å². The zero-order chi connectivity index (χ0) is 16.9. The molecule has 3 aromatic carbocycles. The summed E-state index contributed by atoms with van der Waals surface area (Å²) < 4.78 is 0. The summed E-state index contributed by atoms with van der Waals surface area (Å²) in [6.45, 7) is 0.969. The van der Waals surface area contributed by atoms with Gasteiger partial charge in [-0.05, 0) is 11.6 Å². The van der Waals surface area contributed by atoms with E-state index >= 15 is 0 Å². The largest absolute Gasteiger partial charge is 0.361 e. The molecule has 1 aromatic heterocycles. The molecule has 25 heavy (non-hydrogen) atoms. The highest BCUT2D eigenvalue weighted by atomic mass is 14.9. The summed E-state index contributed by atoms with van der Waals surface area (Å²) in [4.78, 5) is 3.38. The number of rotatable bonds is 6. The summed E-state index contributed by atoms with van der Waals surface area (Å²) in [5.74, 6) is 0. The Hall–Kier alpha value is -2.84. The van der Waals surface area contributed by atoms with Crippen molar-refractivity contribution in [3.8, 4) is 0 Å². The van der Waals surface area contributed by atoms with Crippen molar-refractivity contribution in [2.75, 3.05) is 0 Å². The molecule has 2 heteroatoms. The Morgan fingerprint density at radius 2 is 1.44 bits per heavy atom. The molecule has 0 aliphatic carbocycles. The van der Waals surface area contributed by atoms with Crippen molar-refractivity contribution < 1.29 is 5.32 Å². The Balaban J connectivity index is 1.56. The van der Waals surface area contributed by atoms with Gasteiger partial charge in [0.25, 0.3) is 0 Å². The summed E-state index contributed by atoms with van der Waals surface area (Å²) >= 11 is 0. The molecule has 0 bridgehead atoms. The summed E-state index contributed by atoms with van der Waals surface area (Å²) in [6, 6.07) is 30.5. The van der Waals surface area contributed by atoms with E-state index in [1.807, 2.05) is 0 Å². The SMILES string of the molecule is c1ccc(C[C@H]([NH2+]Cc2c[nH]c3ccccc23)c2ccccc2)cc1. The van der Waals surface area contributed by atoms with Gasteiger partial charge in [-0.3, -0.25) is 0 Å². The molecule has 1 atom stereocenters. The Morgan fingerprint density at radius 3 is 2.24 bits per heavy atom. The molecule has 0 fully saturated rings. The van der Waals surface area contributed by atoms with Crippen LogP contribution >= 0.6 is 0 Å². The molecule has 124 valence electrons. The number of nitrogens with one attached hydrogen (secondary N) is 1. The second kappa shape index (κ2) is 7.37. The van der Waals surface area contributed by atoms with Gasteiger partial charge in [0.15, 0.2) is 0 Å². The van der Waals surface area contributed by atoms with Crippen molar-refractivity contribution in [1.29, 1.82) is 0 Å². The Bertz CT molecular complexity index is 926. The summed E-state index contributed by atoms with van der Waals surface area (Å²) in [5.41, 5.74) is 5.34. The van der Waals surface area contributed by atoms with Gasteiger partial charge in [-0.15, -0.1) is 0 Å². The molecule has 3 N–H and O–H groups in total. The molecular weight excluding hydrogens is 304 g/mol. The molecule has 0 amide bonds. The summed E-state index contributed by atoms with van der Waals surface area (Å²) in [7, 11) is 0. The van der Waals surface area contributed by atoms with Gasteiger partial charge in [0.05, 0.1) is 0 Å². The van der Waals surface area contributed by atoms with E-state index in [0.29, 0.717) is 6.04 Å². The van der Waals surface area contributed by atoms with Crippen molar-refractivity contribution >= 4 is 10.9 Å². The number of fused-ring (bicyclic) bond motifs is 1. The molecule has 1 heterocycles. The zero-order valence-corrected chi connectivity index (χ0v) is 14.2. The van der Waals surface area contributed by atoms with E-state index in [1.54, 1.807) is 0 Å². The number of nitrogens with two attached hydrogens (primary N) is 1. The number of hydrogen-bond acceptors (Lipinski definition) is 0. The van der Waals surface area contributed by atoms with Crippen LogP contribution in [0.2, 0.25) is 0 Å². The van der Waals surface area contributed by atoms with Gasteiger partial charge in [-0.25, -0.2) is 0 Å². The van der Waals surface area contributed by atoms with Crippen LogP contribution in [0, 0.1) is 0 Å². The van der Waals surface area contributed by atoms with Gasteiger partial charge in [0.2, 0.25) is 0 Å². The molecule has 4 aromatic rings. The smallest absolute Gasteiger partial charge is 0.116 e. The topological polar surface area (TPSA) is 32.4 Å². The number of benzene rings is 3. The number of quaternary nitrogens is 1. The molecule has 0 spiro atoms. The number of aromatic amines is 1. The maximum Gasteiger partial charge on any atom is 0.116 e. The van der Waals surface area contributed by atoms with E-state index in [1.165, 1.54) is 27.6 Å². The van der Waals surface area contributed by atoms with Gasteiger partial charge in [0, 0.05) is 34.6 Å². The third-order valence-electron chi connectivity index (χ3n) is 4.82. The quantitative estimate of drug-likeness (QED) is 0.532. The molecule has 0 aliphatic rings. The zero-order valence-electron chi connectivity index (χ0n) is 14.2. The normalized spacial score (nSPS) is 12.3. The number of aromatic nitrogens is 1. The third-order valence-corrected chi connectivity index (χ3v) is 4.82. The molecule has 4 rings (SSSR count). The van der Waals surface area contributed by atoms with Crippen molar-refractivity contribution in [3.63, 3.8) is 0 Å². The molecule has 0 saturated heterocycles. The Kier molecular flexibility index (Phi) is 4.62. The molecule has 0 radical (unpaired) electrons. The van der Waals surface area contributed by atoms with E-state index in [2.05, 4.69) is 101 Å². The number of H-pyrrole nitrogens is 1. The maximum atomic E-state index is 3.38. The molecule has 0 aliphatic heterocycles. The van der Waals surface area contributed by atoms with E-state index in [9.17, 15) is 0 Å². The average Bonchev–Trinajstić information content (AvgIpc) is 3.10. The van der Waals surface area contributed by atoms with Crippen molar-refractivity contribution in [2.45, 2.75) is 19.0 Å². The van der Waals surface area contributed by atoms with E-state index in [-0.39, 0.29) is 0 Å². The molecule has 0 unspecified atom stereocenters. The fourth-order valence-corrected chi connectivity index (χ4v) is 3.48.